The number of nitrogens with one attached hydrogen (secondary N) is 1. The van der Waals surface area contributed by atoms with Crippen molar-refractivity contribution >= 4 is 34.3 Å². The molecule has 0 aliphatic heterocycles. The zero-order chi connectivity index (χ0) is 22.0. The van der Waals surface area contributed by atoms with Crippen molar-refractivity contribution in [2.75, 3.05) is 11.1 Å². The molecule has 0 fully saturated rings. The number of fused-ring (bicyclic) bond motifs is 1. The highest BCUT2D eigenvalue weighted by Crippen LogP contribution is 2.22. The number of para-hydroxylation sites is 1. The van der Waals surface area contributed by atoms with Crippen LogP contribution in [0, 0.1) is 17.5 Å². The molecule has 0 unspecified atom stereocenters. The van der Waals surface area contributed by atoms with Gasteiger partial charge >= 0.3 is 0 Å². The summed E-state index contributed by atoms with van der Waals surface area (Å²) < 4.78 is 41.7. The van der Waals surface area contributed by atoms with Gasteiger partial charge in [-0.05, 0) is 48.5 Å². The fraction of sp³-hybridized carbons (Fsp3) is 0.0455. The number of carbonyl (C=O) groups is 1. The molecule has 9 heteroatoms. The van der Waals surface area contributed by atoms with Gasteiger partial charge in [-0.15, -0.1) is 0 Å². The van der Waals surface area contributed by atoms with E-state index >= 15 is 0 Å². The highest BCUT2D eigenvalue weighted by Gasteiger charge is 2.16. The largest absolute Gasteiger partial charge is 0.323 e. The molecule has 0 atom stereocenters. The first-order valence-electron chi connectivity index (χ1n) is 9.08. The fourth-order valence-corrected chi connectivity index (χ4v) is 3.75. The topological polar surface area (TPSA) is 64.0 Å². The summed E-state index contributed by atoms with van der Waals surface area (Å²) in [6.45, 7) is 0. The SMILES string of the molecule is O=C(CSc1nc2ccccc2c(=O)n1-c1ccc(F)cc1)Nc1cc(F)ccc1F. The van der Waals surface area contributed by atoms with Gasteiger partial charge in [0, 0.05) is 6.07 Å². The van der Waals surface area contributed by atoms with Gasteiger partial charge in [-0.25, -0.2) is 18.2 Å². The third-order valence-corrected chi connectivity index (χ3v) is 5.30. The first kappa shape index (κ1) is 20.7. The molecular weight excluding hydrogens is 427 g/mol. The molecule has 1 N–H and O–H groups in total. The van der Waals surface area contributed by atoms with Crippen LogP contribution in [0.5, 0.6) is 0 Å². The minimum absolute atomic E-state index is 0.199. The Kier molecular flexibility index (Phi) is 5.77. The highest BCUT2D eigenvalue weighted by atomic mass is 32.2. The Hall–Kier alpha value is -3.59. The number of hydrogen-bond acceptors (Lipinski definition) is 4. The molecule has 0 saturated heterocycles. The van der Waals surface area contributed by atoms with E-state index in [1.165, 1.54) is 28.8 Å². The number of nitrogens with zero attached hydrogens (tertiary/aromatic N) is 2. The van der Waals surface area contributed by atoms with Crippen LogP contribution in [0.2, 0.25) is 0 Å². The second-order valence-corrected chi connectivity index (χ2v) is 7.43. The molecule has 5 nitrogen and oxygen atoms in total. The Morgan fingerprint density at radius 1 is 0.968 bits per heavy atom. The summed E-state index contributed by atoms with van der Waals surface area (Å²) >= 11 is 0.942. The van der Waals surface area contributed by atoms with Crippen LogP contribution in [0.1, 0.15) is 0 Å². The molecule has 1 aromatic heterocycles. The number of benzene rings is 3. The summed E-state index contributed by atoms with van der Waals surface area (Å²) in [5.41, 5.74) is 0.151. The zero-order valence-corrected chi connectivity index (χ0v) is 16.6. The maximum absolute atomic E-state index is 13.8. The van der Waals surface area contributed by atoms with Crippen molar-refractivity contribution in [2.24, 2.45) is 0 Å². The molecule has 3 aromatic carbocycles. The minimum Gasteiger partial charge on any atom is -0.323 e. The average Bonchev–Trinajstić information content (AvgIpc) is 2.76. The Bertz CT molecular complexity index is 1340. The van der Waals surface area contributed by atoms with E-state index in [1.807, 2.05) is 0 Å². The summed E-state index contributed by atoms with van der Waals surface area (Å²) in [5.74, 6) is -2.75. The quantitative estimate of drug-likeness (QED) is 0.365. The van der Waals surface area contributed by atoms with Gasteiger partial charge in [-0.3, -0.25) is 14.2 Å². The van der Waals surface area contributed by atoms with Crippen molar-refractivity contribution in [3.05, 3.63) is 94.5 Å². The molecule has 31 heavy (non-hydrogen) atoms. The number of halogens is 3. The molecule has 4 aromatic rings. The number of aromatic nitrogens is 2. The van der Waals surface area contributed by atoms with Gasteiger partial charge in [0.2, 0.25) is 5.91 Å². The molecule has 0 aliphatic carbocycles. The fourth-order valence-electron chi connectivity index (χ4n) is 2.94. The Labute approximate surface area is 178 Å². The molecule has 1 heterocycles. The molecule has 0 spiro atoms. The van der Waals surface area contributed by atoms with E-state index in [4.69, 9.17) is 0 Å². The van der Waals surface area contributed by atoms with Crippen molar-refractivity contribution in [3.63, 3.8) is 0 Å². The number of amides is 1. The van der Waals surface area contributed by atoms with E-state index in [0.29, 0.717) is 16.6 Å². The van der Waals surface area contributed by atoms with Crippen molar-refractivity contribution in [1.82, 2.24) is 9.55 Å². The third-order valence-electron chi connectivity index (χ3n) is 4.36. The van der Waals surface area contributed by atoms with Gasteiger partial charge in [-0.1, -0.05) is 23.9 Å². The summed E-state index contributed by atoms with van der Waals surface area (Å²) in [5, 5.41) is 2.86. The lowest BCUT2D eigenvalue weighted by atomic mass is 10.2. The number of carbonyl (C=O) groups excluding carboxylic acids is 1. The lowest BCUT2D eigenvalue weighted by Gasteiger charge is -2.13. The summed E-state index contributed by atoms with van der Waals surface area (Å²) in [4.78, 5) is 29.8. The van der Waals surface area contributed by atoms with E-state index < -0.39 is 23.4 Å². The maximum atomic E-state index is 13.8. The zero-order valence-electron chi connectivity index (χ0n) is 15.8. The van der Waals surface area contributed by atoms with E-state index in [-0.39, 0.29) is 22.2 Å². The van der Waals surface area contributed by atoms with E-state index in [2.05, 4.69) is 10.3 Å². The van der Waals surface area contributed by atoms with Crippen LogP contribution in [0.3, 0.4) is 0 Å². The van der Waals surface area contributed by atoms with Crippen molar-refractivity contribution in [1.29, 1.82) is 0 Å². The van der Waals surface area contributed by atoms with Crippen molar-refractivity contribution in [3.8, 4) is 5.69 Å². The molecule has 0 aliphatic rings. The first-order valence-corrected chi connectivity index (χ1v) is 10.1. The van der Waals surface area contributed by atoms with E-state index in [9.17, 15) is 22.8 Å². The number of rotatable bonds is 5. The predicted molar refractivity (Wildman–Crippen MR) is 113 cm³/mol. The molecule has 0 radical (unpaired) electrons. The predicted octanol–water partition coefficient (Wildman–Crippen LogP) is 4.53. The summed E-state index contributed by atoms with van der Waals surface area (Å²) in [6, 6.07) is 14.7. The van der Waals surface area contributed by atoms with E-state index in [1.54, 1.807) is 24.3 Å². The molecule has 1 amide bonds. The van der Waals surface area contributed by atoms with Crippen LogP contribution < -0.4 is 10.9 Å². The third kappa shape index (κ3) is 4.46. The summed E-state index contributed by atoms with van der Waals surface area (Å²) in [7, 11) is 0. The number of anilines is 1. The first-order chi connectivity index (χ1) is 14.9. The number of thioether (sulfide) groups is 1. The second kappa shape index (κ2) is 8.65. The van der Waals surface area contributed by atoms with Crippen LogP contribution in [0.25, 0.3) is 16.6 Å². The van der Waals surface area contributed by atoms with Crippen molar-refractivity contribution in [2.45, 2.75) is 5.16 Å². The maximum Gasteiger partial charge on any atom is 0.266 e. The van der Waals surface area contributed by atoms with Gasteiger partial charge in [0.25, 0.3) is 5.56 Å². The highest BCUT2D eigenvalue weighted by molar-refractivity contribution is 7.99. The van der Waals surface area contributed by atoms with Gasteiger partial charge in [-0.2, -0.15) is 0 Å². The summed E-state index contributed by atoms with van der Waals surface area (Å²) in [6.07, 6.45) is 0. The van der Waals surface area contributed by atoms with Crippen LogP contribution in [0.15, 0.2) is 76.7 Å². The smallest absolute Gasteiger partial charge is 0.266 e. The van der Waals surface area contributed by atoms with Crippen LogP contribution in [-0.2, 0) is 4.79 Å². The average molecular weight is 441 g/mol. The van der Waals surface area contributed by atoms with Crippen LogP contribution >= 0.6 is 11.8 Å². The molecule has 4 rings (SSSR count). The molecule has 156 valence electrons. The molecule has 0 bridgehead atoms. The normalized spacial score (nSPS) is 10.9. The lowest BCUT2D eigenvalue weighted by Crippen LogP contribution is -2.23. The molecular formula is C22H14F3N3O2S. The standard InChI is InChI=1S/C22H14F3N3O2S/c23-13-5-8-15(9-6-13)28-21(30)16-3-1-2-4-18(16)27-22(28)31-12-20(29)26-19-11-14(24)7-10-17(19)25/h1-11H,12H2,(H,26,29). The molecule has 0 saturated carbocycles. The second-order valence-electron chi connectivity index (χ2n) is 6.49. The Morgan fingerprint density at radius 2 is 1.68 bits per heavy atom. The van der Waals surface area contributed by atoms with Crippen molar-refractivity contribution < 1.29 is 18.0 Å². The number of hydrogen-bond donors (Lipinski definition) is 1. The van der Waals surface area contributed by atoms with Gasteiger partial charge < -0.3 is 5.32 Å². The van der Waals surface area contributed by atoms with E-state index in [0.717, 1.165) is 30.0 Å². The minimum atomic E-state index is -0.771. The lowest BCUT2D eigenvalue weighted by molar-refractivity contribution is -0.113. The Morgan fingerprint density at radius 3 is 2.45 bits per heavy atom. The van der Waals surface area contributed by atoms with Crippen LogP contribution in [0.4, 0.5) is 18.9 Å². The monoisotopic (exact) mass is 441 g/mol. The van der Waals surface area contributed by atoms with Gasteiger partial charge in [0.05, 0.1) is 28.0 Å². The van der Waals surface area contributed by atoms with Crippen LogP contribution in [-0.4, -0.2) is 21.2 Å². The van der Waals surface area contributed by atoms with Gasteiger partial charge in [0.15, 0.2) is 5.16 Å². The Balaban J connectivity index is 1.67. The van der Waals surface area contributed by atoms with Gasteiger partial charge in [0.1, 0.15) is 17.5 Å².